The summed E-state index contributed by atoms with van der Waals surface area (Å²) in [5.41, 5.74) is 4.72. The largest absolute Gasteiger partial charge is 0.384 e. The zero-order chi connectivity index (χ0) is 10.2. The van der Waals surface area contributed by atoms with Gasteiger partial charge in [-0.1, -0.05) is 30.7 Å². The van der Waals surface area contributed by atoms with Gasteiger partial charge in [-0.3, -0.25) is 0 Å². The van der Waals surface area contributed by atoms with Crippen molar-refractivity contribution < 1.29 is 4.74 Å². The summed E-state index contributed by atoms with van der Waals surface area (Å²) in [6, 6.07) is 6.79. The molecular weight excluding hydrogens is 172 g/mol. The van der Waals surface area contributed by atoms with Gasteiger partial charge in [-0.25, -0.2) is 0 Å². The quantitative estimate of drug-likeness (QED) is 0.696. The van der Waals surface area contributed by atoms with Crippen molar-refractivity contribution >= 4 is 0 Å². The Balaban J connectivity index is 2.25. The Morgan fingerprint density at radius 3 is 2.71 bits per heavy atom. The monoisotopic (exact) mass is 190 g/mol. The van der Waals surface area contributed by atoms with Gasteiger partial charge in [-0.2, -0.15) is 0 Å². The molecule has 14 heavy (non-hydrogen) atoms. The van der Waals surface area contributed by atoms with E-state index in [2.05, 4.69) is 32.0 Å². The Kier molecular flexibility index (Phi) is 2.36. The molecule has 76 valence electrons. The first-order valence-corrected chi connectivity index (χ1v) is 5.20. The van der Waals surface area contributed by atoms with E-state index in [9.17, 15) is 0 Å². The fourth-order valence-corrected chi connectivity index (χ4v) is 2.52. The normalized spacial score (nSPS) is 25.1. The van der Waals surface area contributed by atoms with Gasteiger partial charge < -0.3 is 4.74 Å². The summed E-state index contributed by atoms with van der Waals surface area (Å²) in [5, 5.41) is 0. The van der Waals surface area contributed by atoms with Crippen LogP contribution in [0.4, 0.5) is 0 Å². The average Bonchev–Trinajstić information content (AvgIpc) is 2.40. The van der Waals surface area contributed by atoms with E-state index in [1.165, 1.54) is 16.7 Å². The number of ether oxygens (including phenoxy) is 1. The van der Waals surface area contributed by atoms with Gasteiger partial charge >= 0.3 is 0 Å². The first-order chi connectivity index (χ1) is 6.63. The highest BCUT2D eigenvalue weighted by molar-refractivity contribution is 5.37. The predicted octanol–water partition coefficient (Wildman–Crippen LogP) is 2.75. The van der Waals surface area contributed by atoms with Crippen LogP contribution in [0.25, 0.3) is 0 Å². The summed E-state index contributed by atoms with van der Waals surface area (Å²) in [6.07, 6.45) is 2.33. The molecule has 0 aromatic heterocycles. The van der Waals surface area contributed by atoms with E-state index in [4.69, 9.17) is 4.74 Å². The fourth-order valence-electron chi connectivity index (χ4n) is 2.52. The first-order valence-electron chi connectivity index (χ1n) is 5.20. The molecule has 1 aliphatic carbocycles. The smallest absolute Gasteiger partial charge is 0.0522 e. The SMILES string of the molecule is COCC1(C)Cc2ccc(C)cc2C1. The minimum Gasteiger partial charge on any atom is -0.384 e. The van der Waals surface area contributed by atoms with Crippen molar-refractivity contribution in [2.45, 2.75) is 26.7 Å². The van der Waals surface area contributed by atoms with Gasteiger partial charge in [-0.05, 0) is 36.3 Å². The Labute approximate surface area is 86.1 Å². The third kappa shape index (κ3) is 1.69. The Bertz CT molecular complexity index is 343. The maximum atomic E-state index is 5.29. The molecule has 1 atom stereocenters. The van der Waals surface area contributed by atoms with Crippen molar-refractivity contribution in [1.82, 2.24) is 0 Å². The van der Waals surface area contributed by atoms with Crippen LogP contribution in [-0.4, -0.2) is 13.7 Å². The zero-order valence-corrected chi connectivity index (χ0v) is 9.26. The van der Waals surface area contributed by atoms with Crippen LogP contribution in [0, 0.1) is 12.3 Å². The van der Waals surface area contributed by atoms with Crippen LogP contribution < -0.4 is 0 Å². The lowest BCUT2D eigenvalue weighted by Gasteiger charge is -2.21. The highest BCUT2D eigenvalue weighted by Gasteiger charge is 2.32. The van der Waals surface area contributed by atoms with Crippen molar-refractivity contribution in [2.75, 3.05) is 13.7 Å². The molecule has 0 aliphatic heterocycles. The molecule has 1 heteroatoms. The second-order valence-electron chi connectivity index (χ2n) is 4.87. The van der Waals surface area contributed by atoms with Crippen molar-refractivity contribution in [2.24, 2.45) is 5.41 Å². The summed E-state index contributed by atoms with van der Waals surface area (Å²) in [5.74, 6) is 0. The maximum absolute atomic E-state index is 5.29. The van der Waals surface area contributed by atoms with Crippen LogP contribution in [0.3, 0.4) is 0 Å². The van der Waals surface area contributed by atoms with Crippen LogP contribution in [0.1, 0.15) is 23.6 Å². The number of hydrogen-bond donors (Lipinski definition) is 0. The van der Waals surface area contributed by atoms with Gasteiger partial charge in [0.25, 0.3) is 0 Å². The molecule has 2 rings (SSSR count). The van der Waals surface area contributed by atoms with Gasteiger partial charge in [0, 0.05) is 7.11 Å². The molecule has 1 unspecified atom stereocenters. The van der Waals surface area contributed by atoms with Gasteiger partial charge in [0.2, 0.25) is 0 Å². The molecule has 1 aliphatic rings. The lowest BCUT2D eigenvalue weighted by molar-refractivity contribution is 0.0990. The molecule has 0 bridgehead atoms. The van der Waals surface area contributed by atoms with Crippen LogP contribution in [0.15, 0.2) is 18.2 Å². The minimum atomic E-state index is 0.324. The summed E-state index contributed by atoms with van der Waals surface area (Å²) in [4.78, 5) is 0. The van der Waals surface area contributed by atoms with Crippen molar-refractivity contribution in [3.05, 3.63) is 34.9 Å². The molecule has 1 nitrogen and oxygen atoms in total. The lowest BCUT2D eigenvalue weighted by atomic mass is 9.88. The highest BCUT2D eigenvalue weighted by atomic mass is 16.5. The number of methoxy groups -OCH3 is 1. The highest BCUT2D eigenvalue weighted by Crippen LogP contribution is 2.37. The van der Waals surface area contributed by atoms with Crippen LogP contribution >= 0.6 is 0 Å². The predicted molar refractivity (Wildman–Crippen MR) is 58.6 cm³/mol. The molecule has 0 saturated heterocycles. The molecule has 1 aromatic carbocycles. The van der Waals surface area contributed by atoms with Gasteiger partial charge in [0.1, 0.15) is 0 Å². The van der Waals surface area contributed by atoms with Crippen LogP contribution in [0.5, 0.6) is 0 Å². The molecule has 0 amide bonds. The van der Waals surface area contributed by atoms with Gasteiger partial charge in [-0.15, -0.1) is 0 Å². The number of hydrogen-bond acceptors (Lipinski definition) is 1. The summed E-state index contributed by atoms with van der Waals surface area (Å²) < 4.78 is 5.29. The van der Waals surface area contributed by atoms with Crippen molar-refractivity contribution in [3.63, 3.8) is 0 Å². The minimum absolute atomic E-state index is 0.324. The third-order valence-electron chi connectivity index (χ3n) is 3.09. The standard InChI is InChI=1S/C13H18O/c1-10-4-5-11-7-13(2,9-14-3)8-12(11)6-10/h4-6H,7-9H2,1-3H3. The summed E-state index contributed by atoms with van der Waals surface area (Å²) in [6.45, 7) is 5.33. The lowest BCUT2D eigenvalue weighted by Crippen LogP contribution is -2.22. The molecule has 0 fully saturated rings. The van der Waals surface area contributed by atoms with E-state index in [-0.39, 0.29) is 0 Å². The number of aryl methyl sites for hydroxylation is 1. The second kappa shape index (κ2) is 3.39. The molecule has 1 aromatic rings. The van der Waals surface area contributed by atoms with Crippen LogP contribution in [0.2, 0.25) is 0 Å². The topological polar surface area (TPSA) is 9.23 Å². The number of rotatable bonds is 2. The van der Waals surface area contributed by atoms with E-state index in [0.717, 1.165) is 19.4 Å². The third-order valence-corrected chi connectivity index (χ3v) is 3.09. The van der Waals surface area contributed by atoms with Crippen LogP contribution in [-0.2, 0) is 17.6 Å². The van der Waals surface area contributed by atoms with Crippen molar-refractivity contribution in [3.8, 4) is 0 Å². The number of benzene rings is 1. The van der Waals surface area contributed by atoms with Gasteiger partial charge in [0.15, 0.2) is 0 Å². The second-order valence-corrected chi connectivity index (χ2v) is 4.87. The Morgan fingerprint density at radius 1 is 1.29 bits per heavy atom. The molecule has 0 N–H and O–H groups in total. The molecule has 0 radical (unpaired) electrons. The summed E-state index contributed by atoms with van der Waals surface area (Å²) in [7, 11) is 1.79. The number of fused-ring (bicyclic) bond motifs is 1. The van der Waals surface area contributed by atoms with E-state index in [1.54, 1.807) is 7.11 Å². The molecule has 0 saturated carbocycles. The molecule has 0 heterocycles. The Morgan fingerprint density at radius 2 is 2.00 bits per heavy atom. The van der Waals surface area contributed by atoms with Crippen molar-refractivity contribution in [1.29, 1.82) is 0 Å². The first kappa shape index (κ1) is 9.72. The maximum Gasteiger partial charge on any atom is 0.0522 e. The zero-order valence-electron chi connectivity index (χ0n) is 9.26. The van der Waals surface area contributed by atoms with E-state index in [0.29, 0.717) is 5.41 Å². The van der Waals surface area contributed by atoms with E-state index < -0.39 is 0 Å². The summed E-state index contributed by atoms with van der Waals surface area (Å²) >= 11 is 0. The Hall–Kier alpha value is -0.820. The van der Waals surface area contributed by atoms with Gasteiger partial charge in [0.05, 0.1) is 6.61 Å². The molecule has 0 spiro atoms. The average molecular weight is 190 g/mol. The molecular formula is C13H18O. The fraction of sp³-hybridized carbons (Fsp3) is 0.538. The van der Waals surface area contributed by atoms with E-state index >= 15 is 0 Å². The van der Waals surface area contributed by atoms with E-state index in [1.807, 2.05) is 0 Å².